The van der Waals surface area contributed by atoms with Gasteiger partial charge in [0.25, 0.3) is 0 Å². The summed E-state index contributed by atoms with van der Waals surface area (Å²) in [7, 11) is 0. The first-order valence-electron chi connectivity index (χ1n) is 21.1. The first-order chi connectivity index (χ1) is 31.2. The predicted octanol–water partition coefficient (Wildman–Crippen LogP) is 13.4. The highest BCUT2D eigenvalue weighted by Gasteiger charge is 2.22. The molecule has 1 aliphatic heterocycles. The summed E-state index contributed by atoms with van der Waals surface area (Å²) in [4.78, 5) is 18.9. The van der Waals surface area contributed by atoms with Crippen molar-refractivity contribution in [2.24, 2.45) is 0 Å². The normalized spacial score (nSPS) is 12.4. The molecule has 0 bridgehead atoms. The van der Waals surface area contributed by atoms with Crippen molar-refractivity contribution in [3.05, 3.63) is 200 Å². The summed E-state index contributed by atoms with van der Waals surface area (Å²) in [5.41, 5.74) is 14.8. The summed E-state index contributed by atoms with van der Waals surface area (Å²) >= 11 is 1.86. The molecule has 0 aliphatic carbocycles. The van der Waals surface area contributed by atoms with Crippen LogP contribution in [0, 0.1) is 0 Å². The van der Waals surface area contributed by atoms with Crippen LogP contribution in [0.5, 0.6) is 0 Å². The Morgan fingerprint density at radius 3 is 1.95 bits per heavy atom. The van der Waals surface area contributed by atoms with Gasteiger partial charge in [-0.05, 0) is 131 Å². The number of pyridine rings is 4. The van der Waals surface area contributed by atoms with Crippen LogP contribution in [-0.2, 0) is 6.54 Å². The third-order valence-electron chi connectivity index (χ3n) is 12.5. The van der Waals surface area contributed by atoms with Crippen LogP contribution in [0.15, 0.2) is 189 Å². The fourth-order valence-electron chi connectivity index (χ4n) is 9.62. The van der Waals surface area contributed by atoms with E-state index in [2.05, 4.69) is 147 Å². The van der Waals surface area contributed by atoms with Gasteiger partial charge in [-0.1, -0.05) is 60.7 Å². The molecule has 296 valence electrons. The first kappa shape index (κ1) is 35.5. The topological polar surface area (TPSA) is 73.5 Å². The zero-order chi connectivity index (χ0) is 41.4. The number of thiophene rings is 1. The molecule has 0 unspecified atom stereocenters. The summed E-state index contributed by atoms with van der Waals surface area (Å²) in [6.45, 7) is 0.745. The smallest absolute Gasteiger partial charge is 0.137 e. The van der Waals surface area contributed by atoms with Crippen LogP contribution >= 0.6 is 11.3 Å². The van der Waals surface area contributed by atoms with Crippen LogP contribution in [0.1, 0.15) is 11.3 Å². The Kier molecular flexibility index (Phi) is 8.01. The quantitative estimate of drug-likeness (QED) is 0.181. The number of nitrogens with zero attached hydrogens (tertiary/aromatic N) is 6. The summed E-state index contributed by atoms with van der Waals surface area (Å²) in [5.74, 6) is 1.79. The van der Waals surface area contributed by atoms with Gasteiger partial charge in [-0.2, -0.15) is 0 Å². The highest BCUT2D eigenvalue weighted by atomic mass is 32.1. The lowest BCUT2D eigenvalue weighted by atomic mass is 9.93. The molecule has 7 nitrogen and oxygen atoms in total. The highest BCUT2D eigenvalue weighted by Crippen LogP contribution is 2.46. The number of nitrogens with one attached hydrogen (secondary N) is 1. The van der Waals surface area contributed by atoms with E-state index in [1.807, 2.05) is 78.9 Å². The number of benzene rings is 5. The molecule has 12 aromatic rings. The fourth-order valence-corrected chi connectivity index (χ4v) is 10.8. The standard InChI is InChI=1S/C55H35N7S/c1-2-10-39(47-11-3-6-22-58-47)38(9-1)35-16-19-52-43(29-35)44-31-37(34-14-17-48-41(27-34)45-32-56-25-20-50(45)61(48)53-12-4-7-23-59-53)30-40(55(44)63-52)36-15-18-49-42(28-36)46-33-57-26-21-51(46)62(49)54-13-5-8-24-60-54/h1-31,33,56H,32H2. The van der Waals surface area contributed by atoms with Gasteiger partial charge in [-0.25, -0.2) is 9.97 Å². The highest BCUT2D eigenvalue weighted by molar-refractivity contribution is 7.26. The lowest BCUT2D eigenvalue weighted by Gasteiger charge is -2.12. The van der Waals surface area contributed by atoms with E-state index in [0.717, 1.165) is 90.3 Å². The minimum absolute atomic E-state index is 0.745. The van der Waals surface area contributed by atoms with Crippen LogP contribution in [0.2, 0.25) is 0 Å². The van der Waals surface area contributed by atoms with Crippen LogP contribution in [-0.4, -0.2) is 29.1 Å². The van der Waals surface area contributed by atoms with E-state index in [4.69, 9.17) is 15.0 Å². The summed E-state index contributed by atoms with van der Waals surface area (Å²) in [6.07, 6.45) is 13.6. The van der Waals surface area contributed by atoms with Crippen molar-refractivity contribution in [2.45, 2.75) is 6.54 Å². The Hall–Kier alpha value is -8.20. The molecule has 0 atom stereocenters. The van der Waals surface area contributed by atoms with Gasteiger partial charge in [-0.3, -0.25) is 19.1 Å². The average Bonchev–Trinajstić information content (AvgIpc) is 4.01. The molecule has 13 rings (SSSR count). The van der Waals surface area contributed by atoms with E-state index in [1.165, 1.54) is 36.7 Å². The molecule has 1 N–H and O–H groups in total. The largest absolute Gasteiger partial charge is 0.387 e. The van der Waals surface area contributed by atoms with Crippen molar-refractivity contribution in [1.29, 1.82) is 0 Å². The molecule has 63 heavy (non-hydrogen) atoms. The molecule has 0 saturated carbocycles. The van der Waals surface area contributed by atoms with E-state index in [-0.39, 0.29) is 0 Å². The van der Waals surface area contributed by atoms with Gasteiger partial charge >= 0.3 is 0 Å². The van der Waals surface area contributed by atoms with Gasteiger partial charge < -0.3 is 5.32 Å². The third-order valence-corrected chi connectivity index (χ3v) is 13.7. The van der Waals surface area contributed by atoms with Crippen LogP contribution in [0.25, 0.3) is 115 Å². The second-order valence-electron chi connectivity index (χ2n) is 16.0. The summed E-state index contributed by atoms with van der Waals surface area (Å²) < 4.78 is 7.02. The lowest BCUT2D eigenvalue weighted by molar-refractivity contribution is 0.852. The molecular weight excluding hydrogens is 791 g/mol. The van der Waals surface area contributed by atoms with Crippen molar-refractivity contribution in [3.63, 3.8) is 0 Å². The minimum Gasteiger partial charge on any atom is -0.387 e. The Bertz CT molecular complexity index is 3790. The molecule has 8 heteroatoms. The summed E-state index contributed by atoms with van der Waals surface area (Å²) in [5, 5.41) is 9.38. The van der Waals surface area contributed by atoms with Crippen LogP contribution in [0.4, 0.5) is 0 Å². The van der Waals surface area contributed by atoms with E-state index >= 15 is 0 Å². The zero-order valence-electron chi connectivity index (χ0n) is 33.8. The molecule has 0 radical (unpaired) electrons. The second kappa shape index (κ2) is 14.2. The Morgan fingerprint density at radius 2 is 1.14 bits per heavy atom. The van der Waals surface area contributed by atoms with Crippen molar-refractivity contribution in [2.75, 3.05) is 0 Å². The second-order valence-corrected chi connectivity index (χ2v) is 17.0. The maximum absolute atomic E-state index is 4.77. The summed E-state index contributed by atoms with van der Waals surface area (Å²) in [6, 6.07) is 54.4. The van der Waals surface area contributed by atoms with E-state index < -0.39 is 0 Å². The van der Waals surface area contributed by atoms with Gasteiger partial charge in [0.15, 0.2) is 0 Å². The maximum Gasteiger partial charge on any atom is 0.137 e. The Morgan fingerprint density at radius 1 is 0.476 bits per heavy atom. The molecule has 7 aromatic heterocycles. The number of hydrogen-bond acceptors (Lipinski definition) is 6. The van der Waals surface area contributed by atoms with Crippen molar-refractivity contribution in [3.8, 4) is 56.3 Å². The van der Waals surface area contributed by atoms with Gasteiger partial charge in [-0.15, -0.1) is 11.3 Å². The van der Waals surface area contributed by atoms with E-state index in [1.54, 1.807) is 0 Å². The van der Waals surface area contributed by atoms with Crippen LogP contribution < -0.4 is 5.32 Å². The third kappa shape index (κ3) is 5.65. The van der Waals surface area contributed by atoms with Crippen molar-refractivity contribution >= 4 is 70.3 Å². The number of fused-ring (bicyclic) bond motifs is 9. The van der Waals surface area contributed by atoms with Gasteiger partial charge in [0, 0.05) is 90.6 Å². The first-order valence-corrected chi connectivity index (χ1v) is 21.9. The van der Waals surface area contributed by atoms with E-state index in [0.29, 0.717) is 0 Å². The van der Waals surface area contributed by atoms with Gasteiger partial charge in [0.05, 0.1) is 27.9 Å². The van der Waals surface area contributed by atoms with Gasteiger partial charge in [0.1, 0.15) is 11.6 Å². The maximum atomic E-state index is 4.77. The van der Waals surface area contributed by atoms with Gasteiger partial charge in [0.2, 0.25) is 0 Å². The predicted molar refractivity (Wildman–Crippen MR) is 259 cm³/mol. The molecular formula is C55H35N7S. The lowest BCUT2D eigenvalue weighted by Crippen LogP contribution is -2.11. The van der Waals surface area contributed by atoms with Crippen LogP contribution in [0.3, 0.4) is 0 Å². The van der Waals surface area contributed by atoms with E-state index in [9.17, 15) is 0 Å². The average molecular weight is 826 g/mol. The Labute approximate surface area is 365 Å². The minimum atomic E-state index is 0.745. The molecule has 5 aromatic carbocycles. The van der Waals surface area contributed by atoms with Crippen molar-refractivity contribution in [1.82, 2.24) is 34.4 Å². The molecule has 0 spiro atoms. The fraction of sp³-hybridized carbons (Fsp3) is 0.0182. The number of hydrogen-bond donors (Lipinski definition) is 1. The molecule has 0 fully saturated rings. The number of aromatic nitrogens is 6. The molecule has 0 amide bonds. The van der Waals surface area contributed by atoms with Crippen molar-refractivity contribution < 1.29 is 0 Å². The molecule has 0 saturated heterocycles. The zero-order valence-corrected chi connectivity index (χ0v) is 34.6. The Balaban J connectivity index is 1.06. The number of rotatable bonds is 6. The monoisotopic (exact) mass is 825 g/mol. The molecule has 8 heterocycles. The SMILES string of the molecule is C1=Cc2c(c3cc(-c4cc(-c5ccc6c(c5)c5cnccc5n6-c5ccccn5)c5sc6ccc(-c7ccccc7-c7ccccn7)cc6c5c4)ccc3n2-c2ccccn2)CN1. The molecule has 1 aliphatic rings.